The van der Waals surface area contributed by atoms with Crippen LogP contribution in [-0.2, 0) is 27.8 Å². The lowest BCUT2D eigenvalue weighted by atomic mass is 10.1. The number of ether oxygens (including phenoxy) is 2. The number of hydrogen-bond donors (Lipinski definition) is 2. The molecule has 7 nitrogen and oxygen atoms in total. The van der Waals surface area contributed by atoms with E-state index in [1.54, 1.807) is 18.2 Å². The maximum atomic E-state index is 13.0. The molecule has 1 amide bonds. The zero-order valence-electron chi connectivity index (χ0n) is 16.2. The number of thiophene rings is 1. The average Bonchev–Trinajstić information content (AvgIpc) is 3.41. The Labute approximate surface area is 192 Å². The van der Waals surface area contributed by atoms with Gasteiger partial charge in [0, 0.05) is 6.54 Å². The van der Waals surface area contributed by atoms with E-state index in [-0.39, 0.29) is 24.0 Å². The molecule has 4 rings (SSSR count). The Bertz CT molecular complexity index is 1180. The quantitative estimate of drug-likeness (QED) is 0.472. The van der Waals surface area contributed by atoms with Crippen molar-refractivity contribution >= 4 is 43.2 Å². The first kappa shape index (κ1) is 21.8. The topological polar surface area (TPSA) is 93.7 Å². The minimum Gasteiger partial charge on any atom is -0.454 e. The van der Waals surface area contributed by atoms with Crippen LogP contribution in [0.5, 0.6) is 11.5 Å². The van der Waals surface area contributed by atoms with Crippen LogP contribution in [0, 0.1) is 0 Å². The second-order valence-corrected chi connectivity index (χ2v) is 11.2. The highest BCUT2D eigenvalue weighted by atomic mass is 79.9. The third kappa shape index (κ3) is 5.45. The van der Waals surface area contributed by atoms with E-state index in [0.29, 0.717) is 15.3 Å². The van der Waals surface area contributed by atoms with Crippen LogP contribution in [0.15, 0.2) is 68.7 Å². The van der Waals surface area contributed by atoms with Crippen molar-refractivity contribution in [2.24, 2.45) is 0 Å². The molecule has 1 aromatic heterocycles. The molecule has 0 radical (unpaired) electrons. The Morgan fingerprint density at radius 3 is 2.55 bits per heavy atom. The molecule has 0 saturated heterocycles. The smallest absolute Gasteiger partial charge is 0.250 e. The van der Waals surface area contributed by atoms with Crippen LogP contribution in [0.25, 0.3) is 0 Å². The average molecular weight is 523 g/mol. The fourth-order valence-electron chi connectivity index (χ4n) is 3.09. The van der Waals surface area contributed by atoms with Crippen molar-refractivity contribution < 1.29 is 22.7 Å². The molecule has 10 heteroatoms. The maximum Gasteiger partial charge on any atom is 0.250 e. The summed E-state index contributed by atoms with van der Waals surface area (Å²) in [6.07, 6.45) is 0.222. The molecule has 0 spiro atoms. The molecule has 0 aliphatic carbocycles. The molecule has 31 heavy (non-hydrogen) atoms. The van der Waals surface area contributed by atoms with E-state index in [1.807, 2.05) is 36.4 Å². The van der Waals surface area contributed by atoms with Crippen molar-refractivity contribution in [1.82, 2.24) is 10.0 Å². The SMILES string of the molecule is O=C(NCc1ccc2c(c1)OCO2)[C@H](Cc1ccccc1)NS(=O)(=O)c1ccc(Br)s1. The van der Waals surface area contributed by atoms with E-state index in [2.05, 4.69) is 26.0 Å². The molecular formula is C21H19BrN2O5S2. The van der Waals surface area contributed by atoms with Gasteiger partial charge in [0.1, 0.15) is 10.3 Å². The first-order valence-electron chi connectivity index (χ1n) is 9.38. The first-order valence-corrected chi connectivity index (χ1v) is 12.5. The Balaban J connectivity index is 1.49. The summed E-state index contributed by atoms with van der Waals surface area (Å²) in [5, 5.41) is 2.82. The normalized spacial score (nSPS) is 13.7. The molecule has 0 saturated carbocycles. The predicted molar refractivity (Wildman–Crippen MR) is 121 cm³/mol. The number of halogens is 1. The summed E-state index contributed by atoms with van der Waals surface area (Å²) < 4.78 is 39.7. The number of nitrogens with one attached hydrogen (secondary N) is 2. The third-order valence-electron chi connectivity index (χ3n) is 4.61. The van der Waals surface area contributed by atoms with Crippen LogP contribution in [0.1, 0.15) is 11.1 Å². The lowest BCUT2D eigenvalue weighted by molar-refractivity contribution is -0.122. The van der Waals surface area contributed by atoms with Gasteiger partial charge in [-0.3, -0.25) is 4.79 Å². The first-order chi connectivity index (χ1) is 14.9. The van der Waals surface area contributed by atoms with Crippen LogP contribution in [0.4, 0.5) is 0 Å². The van der Waals surface area contributed by atoms with E-state index >= 15 is 0 Å². The van der Waals surface area contributed by atoms with Gasteiger partial charge in [-0.1, -0.05) is 36.4 Å². The fraction of sp³-hybridized carbons (Fsp3) is 0.190. The van der Waals surface area contributed by atoms with Gasteiger partial charge in [-0.2, -0.15) is 4.72 Å². The molecule has 2 heterocycles. The highest BCUT2D eigenvalue weighted by Crippen LogP contribution is 2.32. The highest BCUT2D eigenvalue weighted by Gasteiger charge is 2.27. The van der Waals surface area contributed by atoms with Crippen LogP contribution in [0.3, 0.4) is 0 Å². The van der Waals surface area contributed by atoms with Crippen LogP contribution in [0.2, 0.25) is 0 Å². The van der Waals surface area contributed by atoms with Crippen molar-refractivity contribution in [2.75, 3.05) is 6.79 Å². The van der Waals surface area contributed by atoms with Crippen LogP contribution < -0.4 is 19.5 Å². The zero-order valence-corrected chi connectivity index (χ0v) is 19.4. The molecule has 2 N–H and O–H groups in total. The lowest BCUT2D eigenvalue weighted by Crippen LogP contribution is -2.47. The lowest BCUT2D eigenvalue weighted by Gasteiger charge is -2.18. The number of amides is 1. The summed E-state index contributed by atoms with van der Waals surface area (Å²) in [5.41, 5.74) is 1.67. The van der Waals surface area contributed by atoms with Gasteiger partial charge < -0.3 is 14.8 Å². The molecule has 162 valence electrons. The monoisotopic (exact) mass is 522 g/mol. The Hall–Kier alpha value is -2.40. The largest absolute Gasteiger partial charge is 0.454 e. The Morgan fingerprint density at radius 1 is 1.03 bits per heavy atom. The third-order valence-corrected chi connectivity index (χ3v) is 8.20. The fourth-order valence-corrected chi connectivity index (χ4v) is 6.31. The molecule has 0 unspecified atom stereocenters. The maximum absolute atomic E-state index is 13.0. The number of hydrogen-bond acceptors (Lipinski definition) is 6. The van der Waals surface area contributed by atoms with Gasteiger partial charge in [0.25, 0.3) is 10.0 Å². The summed E-state index contributed by atoms with van der Waals surface area (Å²) >= 11 is 4.36. The van der Waals surface area contributed by atoms with Gasteiger partial charge in [-0.05, 0) is 57.7 Å². The standard InChI is InChI=1S/C21H19BrN2O5S2/c22-19-8-9-20(30-19)31(26,27)24-16(10-14-4-2-1-3-5-14)21(25)23-12-15-6-7-17-18(11-15)29-13-28-17/h1-9,11,16,24H,10,12-13H2,(H,23,25)/t16-/m0/s1. The van der Waals surface area contributed by atoms with E-state index in [0.717, 1.165) is 22.5 Å². The second-order valence-electron chi connectivity index (χ2n) is 6.83. The summed E-state index contributed by atoms with van der Waals surface area (Å²) in [4.78, 5) is 13.0. The predicted octanol–water partition coefficient (Wildman–Crippen LogP) is 3.45. The van der Waals surface area contributed by atoms with Gasteiger partial charge in [-0.15, -0.1) is 11.3 Å². The van der Waals surface area contributed by atoms with Gasteiger partial charge in [-0.25, -0.2) is 8.42 Å². The summed E-state index contributed by atoms with van der Waals surface area (Å²) in [7, 11) is -3.85. The number of carbonyl (C=O) groups is 1. The Kier molecular flexibility index (Phi) is 6.61. The summed E-state index contributed by atoms with van der Waals surface area (Å²) in [6, 6.07) is 16.9. The number of rotatable bonds is 8. The minimum atomic E-state index is -3.85. The molecule has 3 aromatic rings. The number of fused-ring (bicyclic) bond motifs is 1. The van der Waals surface area contributed by atoms with Gasteiger partial charge in [0.05, 0.1) is 3.79 Å². The van der Waals surface area contributed by atoms with Crippen molar-refractivity contribution in [1.29, 1.82) is 0 Å². The molecule has 0 bridgehead atoms. The molecule has 1 aliphatic rings. The van der Waals surface area contributed by atoms with E-state index in [1.165, 1.54) is 6.07 Å². The van der Waals surface area contributed by atoms with Crippen molar-refractivity contribution in [3.05, 3.63) is 75.6 Å². The van der Waals surface area contributed by atoms with Crippen LogP contribution >= 0.6 is 27.3 Å². The summed E-state index contributed by atoms with van der Waals surface area (Å²) in [6.45, 7) is 0.401. The second kappa shape index (κ2) is 9.39. The van der Waals surface area contributed by atoms with Crippen molar-refractivity contribution in [3.63, 3.8) is 0 Å². The number of benzene rings is 2. The van der Waals surface area contributed by atoms with E-state index in [9.17, 15) is 13.2 Å². The molecule has 1 atom stereocenters. The van der Waals surface area contributed by atoms with Crippen molar-refractivity contribution in [2.45, 2.75) is 23.2 Å². The number of carbonyl (C=O) groups excluding carboxylic acids is 1. The van der Waals surface area contributed by atoms with E-state index in [4.69, 9.17) is 9.47 Å². The molecule has 0 fully saturated rings. The van der Waals surface area contributed by atoms with Crippen LogP contribution in [-0.4, -0.2) is 27.2 Å². The zero-order chi connectivity index (χ0) is 21.8. The van der Waals surface area contributed by atoms with E-state index < -0.39 is 22.0 Å². The van der Waals surface area contributed by atoms with Crippen molar-refractivity contribution in [3.8, 4) is 11.5 Å². The van der Waals surface area contributed by atoms with Gasteiger partial charge >= 0.3 is 0 Å². The van der Waals surface area contributed by atoms with Gasteiger partial charge in [0.15, 0.2) is 11.5 Å². The minimum absolute atomic E-state index is 0.140. The molecule has 1 aliphatic heterocycles. The Morgan fingerprint density at radius 2 is 1.81 bits per heavy atom. The van der Waals surface area contributed by atoms with Gasteiger partial charge in [0.2, 0.25) is 12.7 Å². The molecule has 2 aromatic carbocycles. The summed E-state index contributed by atoms with van der Waals surface area (Å²) in [5.74, 6) is 0.865. The number of sulfonamides is 1. The highest BCUT2D eigenvalue weighted by molar-refractivity contribution is 9.11. The molecular weight excluding hydrogens is 504 g/mol.